The van der Waals surface area contributed by atoms with Crippen LogP contribution in [0, 0.1) is 13.8 Å². The zero-order valence-electron chi connectivity index (χ0n) is 12.9. The Kier molecular flexibility index (Phi) is 3.63. The van der Waals surface area contributed by atoms with Gasteiger partial charge in [0, 0.05) is 17.5 Å². The highest BCUT2D eigenvalue weighted by Crippen LogP contribution is 2.28. The monoisotopic (exact) mass is 294 g/mol. The molecule has 0 saturated heterocycles. The highest BCUT2D eigenvalue weighted by atomic mass is 16.1. The summed E-state index contributed by atoms with van der Waals surface area (Å²) in [5.74, 6) is 0.103. The van der Waals surface area contributed by atoms with E-state index in [1.165, 1.54) is 0 Å². The molecule has 3 aromatic rings. The van der Waals surface area contributed by atoms with Crippen LogP contribution in [0.2, 0.25) is 0 Å². The summed E-state index contributed by atoms with van der Waals surface area (Å²) in [7, 11) is 0. The Morgan fingerprint density at radius 3 is 2.41 bits per heavy atom. The fourth-order valence-electron chi connectivity index (χ4n) is 2.71. The molecule has 0 aliphatic carbocycles. The molecule has 0 bridgehead atoms. The Balaban J connectivity index is 1.97. The molecular weight excluding hydrogens is 276 g/mol. The van der Waals surface area contributed by atoms with E-state index in [1.807, 2.05) is 19.9 Å². The quantitative estimate of drug-likeness (QED) is 0.804. The Hall–Kier alpha value is -2.69. The van der Waals surface area contributed by atoms with Crippen molar-refractivity contribution in [3.8, 4) is 22.4 Å². The number of carbonyl (C=O) groups is 1. The molecular formula is C17H18N4O. The lowest BCUT2D eigenvalue weighted by Crippen LogP contribution is -2.09. The van der Waals surface area contributed by atoms with Crippen molar-refractivity contribution in [3.63, 3.8) is 0 Å². The number of aromatic nitrogens is 4. The second-order valence-electron chi connectivity index (χ2n) is 5.45. The maximum absolute atomic E-state index is 11.3. The van der Waals surface area contributed by atoms with E-state index < -0.39 is 0 Å². The molecule has 0 amide bonds. The molecule has 1 aromatic carbocycles. The van der Waals surface area contributed by atoms with Gasteiger partial charge in [-0.2, -0.15) is 10.2 Å². The first kappa shape index (κ1) is 14.3. The third-order valence-corrected chi connectivity index (χ3v) is 3.74. The number of carbonyl (C=O) groups excluding carboxylic acids is 1. The zero-order valence-corrected chi connectivity index (χ0v) is 12.9. The van der Waals surface area contributed by atoms with Gasteiger partial charge in [0.25, 0.3) is 0 Å². The summed E-state index contributed by atoms with van der Waals surface area (Å²) in [5, 5.41) is 11.4. The van der Waals surface area contributed by atoms with Crippen molar-refractivity contribution < 1.29 is 4.79 Å². The van der Waals surface area contributed by atoms with Crippen molar-refractivity contribution in [1.29, 1.82) is 0 Å². The lowest BCUT2D eigenvalue weighted by Gasteiger charge is -2.05. The second kappa shape index (κ2) is 5.60. The van der Waals surface area contributed by atoms with Gasteiger partial charge in [0.05, 0.1) is 17.9 Å². The predicted octanol–water partition coefficient (Wildman–Crippen LogP) is 3.15. The first-order valence-electron chi connectivity index (χ1n) is 7.20. The molecule has 0 spiro atoms. The molecule has 0 unspecified atom stereocenters. The second-order valence-corrected chi connectivity index (χ2v) is 5.45. The molecule has 0 radical (unpaired) electrons. The smallest absolute Gasteiger partial charge is 0.151 e. The number of hydrogen-bond acceptors (Lipinski definition) is 3. The van der Waals surface area contributed by atoms with Crippen molar-refractivity contribution in [2.24, 2.45) is 0 Å². The summed E-state index contributed by atoms with van der Waals surface area (Å²) < 4.78 is 1.77. The van der Waals surface area contributed by atoms with Crippen molar-refractivity contribution >= 4 is 5.78 Å². The molecule has 2 aromatic heterocycles. The number of Topliss-reactive ketones (excluding diaryl/α,β-unsaturated/α-hetero) is 1. The van der Waals surface area contributed by atoms with Gasteiger partial charge in [0.2, 0.25) is 0 Å². The van der Waals surface area contributed by atoms with E-state index in [1.54, 1.807) is 17.8 Å². The van der Waals surface area contributed by atoms with Gasteiger partial charge in [-0.3, -0.25) is 14.6 Å². The van der Waals surface area contributed by atoms with Crippen molar-refractivity contribution in [3.05, 3.63) is 47.9 Å². The van der Waals surface area contributed by atoms with Crippen LogP contribution in [-0.2, 0) is 11.3 Å². The SMILES string of the molecule is CC(=O)Cn1nc(C)c(-c2ccc(-c3ccn[nH]3)cc2)c1C. The van der Waals surface area contributed by atoms with Crippen LogP contribution in [0.5, 0.6) is 0 Å². The van der Waals surface area contributed by atoms with Crippen LogP contribution in [0.1, 0.15) is 18.3 Å². The van der Waals surface area contributed by atoms with Gasteiger partial charge < -0.3 is 0 Å². The minimum Gasteiger partial charge on any atom is -0.298 e. The average Bonchev–Trinajstić information content (AvgIpc) is 3.09. The van der Waals surface area contributed by atoms with Crippen LogP contribution < -0.4 is 0 Å². The summed E-state index contributed by atoms with van der Waals surface area (Å²) in [5.41, 5.74) is 6.24. The third-order valence-electron chi connectivity index (χ3n) is 3.74. The predicted molar refractivity (Wildman–Crippen MR) is 85.4 cm³/mol. The average molecular weight is 294 g/mol. The minimum atomic E-state index is 0.103. The minimum absolute atomic E-state index is 0.103. The largest absolute Gasteiger partial charge is 0.298 e. The van der Waals surface area contributed by atoms with Gasteiger partial charge >= 0.3 is 0 Å². The number of aromatic amines is 1. The fraction of sp³-hybridized carbons (Fsp3) is 0.235. The summed E-state index contributed by atoms with van der Waals surface area (Å²) in [6.45, 7) is 5.87. The fourth-order valence-corrected chi connectivity index (χ4v) is 2.71. The molecule has 5 nitrogen and oxygen atoms in total. The van der Waals surface area contributed by atoms with Crippen molar-refractivity contribution in [2.75, 3.05) is 0 Å². The standard InChI is InChI=1S/C17H18N4O/c1-11(22)10-21-13(3)17(12(2)20-21)15-6-4-14(5-7-15)16-8-9-18-19-16/h4-9H,10H2,1-3H3,(H,18,19). The Morgan fingerprint density at radius 1 is 1.14 bits per heavy atom. The zero-order chi connectivity index (χ0) is 15.7. The molecule has 2 heterocycles. The number of hydrogen-bond donors (Lipinski definition) is 1. The van der Waals surface area contributed by atoms with Gasteiger partial charge in [-0.25, -0.2) is 0 Å². The molecule has 0 aliphatic rings. The molecule has 3 rings (SSSR count). The maximum atomic E-state index is 11.3. The number of benzene rings is 1. The number of rotatable bonds is 4. The normalized spacial score (nSPS) is 10.9. The van der Waals surface area contributed by atoms with E-state index in [0.717, 1.165) is 33.8 Å². The van der Waals surface area contributed by atoms with Crippen LogP contribution in [0.15, 0.2) is 36.5 Å². The first-order chi connectivity index (χ1) is 10.6. The van der Waals surface area contributed by atoms with Crippen LogP contribution in [0.3, 0.4) is 0 Å². The van der Waals surface area contributed by atoms with Crippen LogP contribution >= 0.6 is 0 Å². The molecule has 112 valence electrons. The summed E-state index contributed by atoms with van der Waals surface area (Å²) in [4.78, 5) is 11.3. The summed E-state index contributed by atoms with van der Waals surface area (Å²) in [6, 6.07) is 10.2. The van der Waals surface area contributed by atoms with E-state index in [0.29, 0.717) is 6.54 Å². The topological polar surface area (TPSA) is 63.6 Å². The molecule has 0 aliphatic heterocycles. The van der Waals surface area contributed by atoms with E-state index in [2.05, 4.69) is 39.6 Å². The molecule has 0 atom stereocenters. The number of nitrogens with zero attached hydrogens (tertiary/aromatic N) is 3. The number of H-pyrrole nitrogens is 1. The maximum Gasteiger partial charge on any atom is 0.151 e. The number of ketones is 1. The van der Waals surface area contributed by atoms with Gasteiger partial charge in [0.1, 0.15) is 0 Å². The van der Waals surface area contributed by atoms with Gasteiger partial charge in [-0.05, 0) is 38.0 Å². The van der Waals surface area contributed by atoms with Crippen molar-refractivity contribution in [2.45, 2.75) is 27.3 Å². The Bertz CT molecular complexity index is 798. The lowest BCUT2D eigenvalue weighted by molar-refractivity contribution is -0.117. The lowest BCUT2D eigenvalue weighted by atomic mass is 10.0. The van der Waals surface area contributed by atoms with Crippen LogP contribution in [-0.4, -0.2) is 25.8 Å². The van der Waals surface area contributed by atoms with Gasteiger partial charge in [-0.1, -0.05) is 24.3 Å². The first-order valence-corrected chi connectivity index (χ1v) is 7.20. The number of nitrogens with one attached hydrogen (secondary N) is 1. The number of aryl methyl sites for hydroxylation is 1. The highest BCUT2D eigenvalue weighted by Gasteiger charge is 2.14. The van der Waals surface area contributed by atoms with Crippen LogP contribution in [0.4, 0.5) is 0 Å². The van der Waals surface area contributed by atoms with E-state index >= 15 is 0 Å². The Labute approximate surface area is 129 Å². The molecule has 0 fully saturated rings. The van der Waals surface area contributed by atoms with Crippen LogP contribution in [0.25, 0.3) is 22.4 Å². The summed E-state index contributed by atoms with van der Waals surface area (Å²) >= 11 is 0. The molecule has 1 N–H and O–H groups in total. The third kappa shape index (κ3) is 2.57. The van der Waals surface area contributed by atoms with Gasteiger partial charge in [-0.15, -0.1) is 0 Å². The van der Waals surface area contributed by atoms with E-state index in [-0.39, 0.29) is 5.78 Å². The molecule has 22 heavy (non-hydrogen) atoms. The van der Waals surface area contributed by atoms with E-state index in [9.17, 15) is 4.79 Å². The molecule has 5 heteroatoms. The molecule has 0 saturated carbocycles. The van der Waals surface area contributed by atoms with Crippen molar-refractivity contribution in [1.82, 2.24) is 20.0 Å². The van der Waals surface area contributed by atoms with Gasteiger partial charge in [0.15, 0.2) is 5.78 Å². The Morgan fingerprint density at radius 2 is 1.82 bits per heavy atom. The summed E-state index contributed by atoms with van der Waals surface area (Å²) in [6.07, 6.45) is 1.74. The van der Waals surface area contributed by atoms with E-state index in [4.69, 9.17) is 0 Å². The highest BCUT2D eigenvalue weighted by molar-refractivity contribution is 5.76.